The number of amidine groups is 1. The summed E-state index contributed by atoms with van der Waals surface area (Å²) in [6.07, 6.45) is 1.83. The predicted octanol–water partition coefficient (Wildman–Crippen LogP) is 1.91. The van der Waals surface area contributed by atoms with E-state index < -0.39 is 11.7 Å². The Morgan fingerprint density at radius 3 is 2.40 bits per heavy atom. The molecule has 0 saturated carbocycles. The number of allylic oxidation sites excluding steroid dienone is 1. The van der Waals surface area contributed by atoms with Crippen molar-refractivity contribution in [2.24, 2.45) is 10.7 Å². The van der Waals surface area contributed by atoms with Gasteiger partial charge in [0.05, 0.1) is 11.3 Å². The number of hydrogen-bond acceptors (Lipinski definition) is 3. The van der Waals surface area contributed by atoms with Crippen LogP contribution in [0.1, 0.15) is 24.2 Å². The van der Waals surface area contributed by atoms with Gasteiger partial charge in [-0.25, -0.2) is 4.99 Å². The highest BCUT2D eigenvalue weighted by Crippen LogP contribution is 2.20. The van der Waals surface area contributed by atoms with Crippen molar-refractivity contribution in [3.8, 4) is 0 Å². The van der Waals surface area contributed by atoms with Gasteiger partial charge in [0.25, 0.3) is 11.7 Å². The molecule has 5 nitrogen and oxygen atoms in total. The molecule has 2 N–H and O–H groups in total. The molecule has 0 atom stereocenters. The zero-order valence-electron chi connectivity index (χ0n) is 12.2. The number of hydrogen-bond donors (Lipinski definition) is 1. The van der Waals surface area contributed by atoms with Crippen LogP contribution >= 0.6 is 0 Å². The predicted molar refractivity (Wildman–Crippen MR) is 80.2 cm³/mol. The van der Waals surface area contributed by atoms with Crippen LogP contribution in [0.4, 0.5) is 5.69 Å². The van der Waals surface area contributed by atoms with Crippen molar-refractivity contribution < 1.29 is 9.59 Å². The van der Waals surface area contributed by atoms with Crippen molar-refractivity contribution in [2.45, 2.75) is 13.8 Å². The summed E-state index contributed by atoms with van der Waals surface area (Å²) in [7, 11) is 3.06. The lowest BCUT2D eigenvalue weighted by molar-refractivity contribution is -0.124. The highest BCUT2D eigenvalue weighted by atomic mass is 16.2. The maximum atomic E-state index is 12.1. The van der Waals surface area contributed by atoms with Crippen LogP contribution in [0.5, 0.6) is 0 Å². The molecule has 0 unspecified atom stereocenters. The minimum absolute atomic E-state index is 0.248. The van der Waals surface area contributed by atoms with E-state index in [-0.39, 0.29) is 5.56 Å². The molecule has 0 aliphatic heterocycles. The van der Waals surface area contributed by atoms with Crippen LogP contribution in [-0.4, -0.2) is 36.5 Å². The summed E-state index contributed by atoms with van der Waals surface area (Å²) < 4.78 is 0. The Balaban J connectivity index is 3.25. The molecule has 0 aliphatic carbocycles. The van der Waals surface area contributed by atoms with Crippen LogP contribution in [0.15, 0.2) is 40.9 Å². The number of amides is 1. The molecule has 5 heteroatoms. The second kappa shape index (κ2) is 6.65. The summed E-state index contributed by atoms with van der Waals surface area (Å²) in [6, 6.07) is 6.66. The van der Waals surface area contributed by atoms with E-state index in [1.54, 1.807) is 24.3 Å². The fourth-order valence-electron chi connectivity index (χ4n) is 1.45. The monoisotopic (exact) mass is 273 g/mol. The molecule has 1 amide bonds. The van der Waals surface area contributed by atoms with Crippen molar-refractivity contribution in [2.75, 3.05) is 14.1 Å². The van der Waals surface area contributed by atoms with Gasteiger partial charge in [-0.2, -0.15) is 0 Å². The fraction of sp³-hybridized carbons (Fsp3) is 0.267. The molecule has 106 valence electrons. The topological polar surface area (TPSA) is 75.8 Å². The molecule has 1 aromatic carbocycles. The molecule has 0 aliphatic rings. The number of Topliss-reactive ketones (excluding diaryl/α,β-unsaturated/α-hetero) is 1. The zero-order chi connectivity index (χ0) is 15.3. The molecule has 1 aromatic rings. The van der Waals surface area contributed by atoms with E-state index in [2.05, 4.69) is 4.99 Å². The van der Waals surface area contributed by atoms with Gasteiger partial charge in [-0.05, 0) is 31.6 Å². The van der Waals surface area contributed by atoms with E-state index in [1.165, 1.54) is 19.0 Å². The minimum Gasteiger partial charge on any atom is -0.383 e. The second-order valence-electron chi connectivity index (χ2n) is 4.51. The summed E-state index contributed by atoms with van der Waals surface area (Å²) in [5, 5.41) is 0. The molecule has 20 heavy (non-hydrogen) atoms. The quantitative estimate of drug-likeness (QED) is 0.394. The molecule has 0 radical (unpaired) electrons. The number of ketones is 1. The third-order valence-corrected chi connectivity index (χ3v) is 2.83. The van der Waals surface area contributed by atoms with Gasteiger partial charge in [0.1, 0.15) is 5.84 Å². The van der Waals surface area contributed by atoms with Gasteiger partial charge < -0.3 is 10.6 Å². The van der Waals surface area contributed by atoms with E-state index in [0.717, 1.165) is 5.57 Å². The van der Waals surface area contributed by atoms with Crippen molar-refractivity contribution in [1.82, 2.24) is 4.90 Å². The summed E-state index contributed by atoms with van der Waals surface area (Å²) in [5.74, 6) is -0.862. The van der Waals surface area contributed by atoms with Gasteiger partial charge in [0.15, 0.2) is 0 Å². The Hall–Kier alpha value is -2.43. The number of likely N-dealkylation sites (N-methyl/N-ethyl adjacent to an activating group) is 1. The van der Waals surface area contributed by atoms with Crippen LogP contribution in [0.25, 0.3) is 0 Å². The summed E-state index contributed by atoms with van der Waals surface area (Å²) >= 11 is 0. The first kappa shape index (κ1) is 15.6. The van der Waals surface area contributed by atoms with Gasteiger partial charge in [-0.1, -0.05) is 18.2 Å². The third-order valence-electron chi connectivity index (χ3n) is 2.83. The lowest BCUT2D eigenvalue weighted by Gasteiger charge is -2.10. The number of carbonyl (C=O) groups excluding carboxylic acids is 2. The molecule has 0 saturated heterocycles. The summed E-state index contributed by atoms with van der Waals surface area (Å²) in [5.41, 5.74) is 7.29. The van der Waals surface area contributed by atoms with Crippen molar-refractivity contribution in [1.29, 1.82) is 0 Å². The molecule has 0 heterocycles. The number of rotatable bonds is 4. The summed E-state index contributed by atoms with van der Waals surface area (Å²) in [4.78, 5) is 29.3. The molecule has 0 spiro atoms. The number of nitrogens with two attached hydrogens (primary N) is 1. The lowest BCUT2D eigenvalue weighted by atomic mass is 10.1. The third kappa shape index (κ3) is 3.54. The molecular formula is C15H19N3O2. The maximum Gasteiger partial charge on any atom is 0.294 e. The van der Waals surface area contributed by atoms with Gasteiger partial charge >= 0.3 is 0 Å². The first-order chi connectivity index (χ1) is 9.38. The number of para-hydroxylation sites is 1. The highest BCUT2D eigenvalue weighted by Gasteiger charge is 2.20. The SMILES string of the molecule is C/C=C(/C)C(N)=Nc1ccccc1C(=O)C(=O)N(C)C. The first-order valence-corrected chi connectivity index (χ1v) is 6.21. The van der Waals surface area contributed by atoms with Crippen LogP contribution < -0.4 is 5.73 Å². The average molecular weight is 273 g/mol. The number of carbonyl (C=O) groups is 2. The fourth-order valence-corrected chi connectivity index (χ4v) is 1.45. The standard InChI is InChI=1S/C15H19N3O2/c1-5-10(2)14(16)17-12-9-7-6-8-11(12)13(19)15(20)18(3)4/h5-9H,1-4H3,(H2,16,17)/b10-5-. The number of aliphatic imine (C=N–C) groups is 1. The van der Waals surface area contributed by atoms with Gasteiger partial charge in [-0.3, -0.25) is 9.59 Å². The average Bonchev–Trinajstić information content (AvgIpc) is 2.45. The first-order valence-electron chi connectivity index (χ1n) is 6.21. The Bertz CT molecular complexity index is 587. The zero-order valence-corrected chi connectivity index (χ0v) is 12.2. The van der Waals surface area contributed by atoms with E-state index in [1.807, 2.05) is 19.9 Å². The van der Waals surface area contributed by atoms with E-state index >= 15 is 0 Å². The Kier molecular flexibility index (Phi) is 5.20. The number of benzene rings is 1. The lowest BCUT2D eigenvalue weighted by Crippen LogP contribution is -2.30. The molecule has 1 rings (SSSR count). The summed E-state index contributed by atoms with van der Waals surface area (Å²) in [6.45, 7) is 3.68. The van der Waals surface area contributed by atoms with Crippen molar-refractivity contribution in [3.05, 3.63) is 41.5 Å². The molecular weight excluding hydrogens is 254 g/mol. The van der Waals surface area contributed by atoms with E-state index in [0.29, 0.717) is 11.5 Å². The Labute approximate surface area is 118 Å². The Morgan fingerprint density at radius 2 is 1.85 bits per heavy atom. The largest absolute Gasteiger partial charge is 0.383 e. The highest BCUT2D eigenvalue weighted by molar-refractivity contribution is 6.43. The number of nitrogens with zero attached hydrogens (tertiary/aromatic N) is 2. The normalized spacial score (nSPS) is 12.2. The smallest absolute Gasteiger partial charge is 0.294 e. The molecule has 0 aromatic heterocycles. The minimum atomic E-state index is -0.597. The van der Waals surface area contributed by atoms with Crippen LogP contribution in [0, 0.1) is 0 Å². The second-order valence-corrected chi connectivity index (χ2v) is 4.51. The van der Waals surface area contributed by atoms with Crippen molar-refractivity contribution >= 4 is 23.2 Å². The van der Waals surface area contributed by atoms with E-state index in [4.69, 9.17) is 5.73 Å². The molecule has 0 fully saturated rings. The van der Waals surface area contributed by atoms with E-state index in [9.17, 15) is 9.59 Å². The van der Waals surface area contributed by atoms with Crippen LogP contribution in [-0.2, 0) is 4.79 Å². The van der Waals surface area contributed by atoms with Crippen LogP contribution in [0.3, 0.4) is 0 Å². The van der Waals surface area contributed by atoms with Crippen LogP contribution in [0.2, 0.25) is 0 Å². The molecule has 0 bridgehead atoms. The van der Waals surface area contributed by atoms with Gasteiger partial charge in [0.2, 0.25) is 0 Å². The van der Waals surface area contributed by atoms with Gasteiger partial charge in [0, 0.05) is 14.1 Å². The maximum absolute atomic E-state index is 12.1. The Morgan fingerprint density at radius 1 is 1.25 bits per heavy atom. The van der Waals surface area contributed by atoms with Gasteiger partial charge in [-0.15, -0.1) is 0 Å². The van der Waals surface area contributed by atoms with Crippen molar-refractivity contribution in [3.63, 3.8) is 0 Å².